The van der Waals surface area contributed by atoms with E-state index in [1.54, 1.807) is 0 Å². The largest absolute Gasteiger partial charge is 0.480 e. The zero-order valence-corrected chi connectivity index (χ0v) is 12.1. The summed E-state index contributed by atoms with van der Waals surface area (Å²) in [5.74, 6) is 1.76. The normalized spacial score (nSPS) is 17.9. The number of hydrogen-bond acceptors (Lipinski definition) is 2. The minimum Gasteiger partial charge on any atom is -0.480 e. The molecule has 1 amide bonds. The lowest BCUT2D eigenvalue weighted by Gasteiger charge is -2.21. The lowest BCUT2D eigenvalue weighted by atomic mass is 10.1. The predicted molar refractivity (Wildman–Crippen MR) is 78.1 cm³/mol. The smallest absolute Gasteiger partial charge is 0.326 e. The summed E-state index contributed by atoms with van der Waals surface area (Å²) in [6.45, 7) is 0.599. The fraction of sp³-hybridized carbons (Fsp3) is 0.750. The number of carboxylic acid groups (broad SMARTS) is 1. The van der Waals surface area contributed by atoms with Crippen LogP contribution in [0.25, 0.3) is 0 Å². The van der Waals surface area contributed by atoms with Crippen LogP contribution in [-0.4, -0.2) is 34.5 Å². The van der Waals surface area contributed by atoms with Gasteiger partial charge in [-0.1, -0.05) is 25.7 Å². The maximum atomic E-state index is 12.0. The molecule has 1 rings (SSSR count). The molecular formula is C16H25NO3. The molecule has 4 heteroatoms. The topological polar surface area (TPSA) is 57.6 Å². The molecule has 1 fully saturated rings. The van der Waals surface area contributed by atoms with Gasteiger partial charge in [-0.15, -0.1) is 12.3 Å². The Kier molecular flexibility index (Phi) is 7.79. The van der Waals surface area contributed by atoms with Crippen molar-refractivity contribution in [3.05, 3.63) is 0 Å². The van der Waals surface area contributed by atoms with Gasteiger partial charge in [0.2, 0.25) is 5.91 Å². The molecule has 1 saturated heterocycles. The van der Waals surface area contributed by atoms with Crippen molar-refractivity contribution in [1.29, 1.82) is 0 Å². The van der Waals surface area contributed by atoms with Crippen molar-refractivity contribution >= 4 is 11.9 Å². The molecule has 0 spiro atoms. The molecule has 0 radical (unpaired) electrons. The van der Waals surface area contributed by atoms with Gasteiger partial charge in [0.1, 0.15) is 6.04 Å². The van der Waals surface area contributed by atoms with E-state index in [9.17, 15) is 9.59 Å². The minimum atomic E-state index is -0.871. The van der Waals surface area contributed by atoms with Gasteiger partial charge in [-0.3, -0.25) is 4.79 Å². The highest BCUT2D eigenvalue weighted by Crippen LogP contribution is 2.19. The average Bonchev–Trinajstić information content (AvgIpc) is 2.91. The van der Waals surface area contributed by atoms with Crippen molar-refractivity contribution in [1.82, 2.24) is 4.90 Å². The summed E-state index contributed by atoms with van der Waals surface area (Å²) in [5, 5.41) is 9.04. The Bertz CT molecular complexity index is 359. The van der Waals surface area contributed by atoms with E-state index in [1.165, 1.54) is 4.90 Å². The molecule has 0 bridgehead atoms. The van der Waals surface area contributed by atoms with Crippen LogP contribution in [0, 0.1) is 12.3 Å². The van der Waals surface area contributed by atoms with E-state index in [0.717, 1.165) is 51.4 Å². The van der Waals surface area contributed by atoms with Gasteiger partial charge in [0.25, 0.3) is 0 Å². The molecule has 0 saturated carbocycles. The first-order valence-corrected chi connectivity index (χ1v) is 7.62. The van der Waals surface area contributed by atoms with Gasteiger partial charge in [0.15, 0.2) is 0 Å². The number of amides is 1. The Labute approximate surface area is 121 Å². The molecule has 0 unspecified atom stereocenters. The summed E-state index contributed by atoms with van der Waals surface area (Å²) in [4.78, 5) is 24.5. The summed E-state index contributed by atoms with van der Waals surface area (Å²) in [6, 6.07) is -0.591. The maximum Gasteiger partial charge on any atom is 0.326 e. The quantitative estimate of drug-likeness (QED) is 0.521. The molecule has 0 aromatic heterocycles. The second kappa shape index (κ2) is 9.41. The van der Waals surface area contributed by atoms with Crippen LogP contribution in [0.5, 0.6) is 0 Å². The molecule has 0 aromatic rings. The van der Waals surface area contributed by atoms with Crippen molar-refractivity contribution in [2.24, 2.45) is 0 Å². The van der Waals surface area contributed by atoms with Gasteiger partial charge in [0.05, 0.1) is 0 Å². The zero-order valence-electron chi connectivity index (χ0n) is 12.1. The number of hydrogen-bond donors (Lipinski definition) is 1. The lowest BCUT2D eigenvalue weighted by molar-refractivity contribution is -0.148. The molecule has 1 aliphatic rings. The van der Waals surface area contributed by atoms with Crippen molar-refractivity contribution in [3.63, 3.8) is 0 Å². The van der Waals surface area contributed by atoms with E-state index in [4.69, 9.17) is 11.5 Å². The summed E-state index contributed by atoms with van der Waals surface area (Å²) in [7, 11) is 0. The van der Waals surface area contributed by atoms with Crippen LogP contribution in [0.15, 0.2) is 0 Å². The molecule has 4 nitrogen and oxygen atoms in total. The van der Waals surface area contributed by atoms with Crippen LogP contribution < -0.4 is 0 Å². The Morgan fingerprint density at radius 1 is 1.15 bits per heavy atom. The maximum absolute atomic E-state index is 12.0. The van der Waals surface area contributed by atoms with Crippen LogP contribution in [0.4, 0.5) is 0 Å². The van der Waals surface area contributed by atoms with Crippen molar-refractivity contribution in [2.45, 2.75) is 70.3 Å². The Morgan fingerprint density at radius 3 is 2.45 bits per heavy atom. The zero-order chi connectivity index (χ0) is 14.8. The number of terminal acetylenes is 1. The van der Waals surface area contributed by atoms with E-state index in [2.05, 4.69) is 5.92 Å². The number of carbonyl (C=O) groups excluding carboxylic acids is 1. The van der Waals surface area contributed by atoms with Crippen LogP contribution >= 0.6 is 0 Å². The van der Waals surface area contributed by atoms with Gasteiger partial charge in [-0.25, -0.2) is 4.79 Å². The Hall–Kier alpha value is -1.50. The molecule has 0 aromatic carbocycles. The second-order valence-corrected chi connectivity index (χ2v) is 5.41. The third kappa shape index (κ3) is 5.64. The summed E-state index contributed by atoms with van der Waals surface area (Å²) in [5.41, 5.74) is 0. The van der Waals surface area contributed by atoms with Crippen molar-refractivity contribution in [3.8, 4) is 12.3 Å². The fourth-order valence-electron chi connectivity index (χ4n) is 2.68. The fourth-order valence-corrected chi connectivity index (χ4v) is 2.68. The van der Waals surface area contributed by atoms with Crippen LogP contribution in [0.3, 0.4) is 0 Å². The van der Waals surface area contributed by atoms with E-state index in [1.807, 2.05) is 0 Å². The predicted octanol–water partition coefficient (Wildman–Crippen LogP) is 2.82. The monoisotopic (exact) mass is 279 g/mol. The first-order valence-electron chi connectivity index (χ1n) is 7.62. The summed E-state index contributed by atoms with van der Waals surface area (Å²) < 4.78 is 0. The van der Waals surface area contributed by atoms with Gasteiger partial charge in [-0.05, 0) is 25.7 Å². The Balaban J connectivity index is 2.08. The van der Waals surface area contributed by atoms with Gasteiger partial charge >= 0.3 is 5.97 Å². The molecule has 1 aliphatic heterocycles. The molecular weight excluding hydrogens is 254 g/mol. The lowest BCUT2D eigenvalue weighted by Crippen LogP contribution is -2.40. The van der Waals surface area contributed by atoms with Gasteiger partial charge in [-0.2, -0.15) is 0 Å². The standard InChI is InChI=1S/C16H25NO3/c1-2-3-4-5-6-7-8-9-12-15(18)17-13-10-11-14(17)16(19)20/h1,14H,3-13H2,(H,19,20)/t14-/m0/s1. The molecule has 1 heterocycles. The van der Waals surface area contributed by atoms with Crippen LogP contribution in [-0.2, 0) is 9.59 Å². The highest BCUT2D eigenvalue weighted by Gasteiger charge is 2.33. The number of nitrogens with zero attached hydrogens (tertiary/aromatic N) is 1. The highest BCUT2D eigenvalue weighted by molar-refractivity contribution is 5.84. The van der Waals surface area contributed by atoms with Crippen LogP contribution in [0.1, 0.15) is 64.2 Å². The Morgan fingerprint density at radius 2 is 1.80 bits per heavy atom. The molecule has 0 aliphatic carbocycles. The number of likely N-dealkylation sites (tertiary alicyclic amines) is 1. The third-order valence-corrected chi connectivity index (χ3v) is 3.82. The SMILES string of the molecule is C#CCCCCCCCCC(=O)N1CCC[C@H]1C(=O)O. The first kappa shape index (κ1) is 16.6. The van der Waals surface area contributed by atoms with E-state index >= 15 is 0 Å². The van der Waals surface area contributed by atoms with Crippen molar-refractivity contribution in [2.75, 3.05) is 6.54 Å². The number of aliphatic carboxylic acids is 1. The number of rotatable bonds is 9. The van der Waals surface area contributed by atoms with Crippen molar-refractivity contribution < 1.29 is 14.7 Å². The molecule has 1 atom stereocenters. The summed E-state index contributed by atoms with van der Waals surface area (Å²) >= 11 is 0. The second-order valence-electron chi connectivity index (χ2n) is 5.41. The molecule has 1 N–H and O–H groups in total. The first-order chi connectivity index (χ1) is 9.66. The van der Waals surface area contributed by atoms with E-state index in [0.29, 0.717) is 19.4 Å². The van der Waals surface area contributed by atoms with Gasteiger partial charge in [0, 0.05) is 19.4 Å². The number of carboxylic acids is 1. The molecule has 112 valence electrons. The number of carbonyl (C=O) groups is 2. The third-order valence-electron chi connectivity index (χ3n) is 3.82. The van der Waals surface area contributed by atoms with E-state index < -0.39 is 12.0 Å². The average molecular weight is 279 g/mol. The minimum absolute atomic E-state index is 0.00207. The summed E-state index contributed by atoms with van der Waals surface area (Å²) in [6.07, 6.45) is 14.3. The van der Waals surface area contributed by atoms with E-state index in [-0.39, 0.29) is 5.91 Å². The van der Waals surface area contributed by atoms with Crippen LogP contribution in [0.2, 0.25) is 0 Å². The van der Waals surface area contributed by atoms with Gasteiger partial charge < -0.3 is 10.0 Å². The number of unbranched alkanes of at least 4 members (excludes halogenated alkanes) is 6. The molecule has 20 heavy (non-hydrogen) atoms. The highest BCUT2D eigenvalue weighted by atomic mass is 16.4.